The first kappa shape index (κ1) is 15.4. The number of hydrogen-bond donors (Lipinski definition) is 1. The van der Waals surface area contributed by atoms with Crippen molar-refractivity contribution in [2.24, 2.45) is 5.73 Å². The second kappa shape index (κ2) is 6.16. The summed E-state index contributed by atoms with van der Waals surface area (Å²) < 4.78 is 40.9. The van der Waals surface area contributed by atoms with E-state index in [1.165, 1.54) is 24.3 Å². The summed E-state index contributed by atoms with van der Waals surface area (Å²) in [5, 5.41) is 0.302. The van der Waals surface area contributed by atoms with Gasteiger partial charge in [0.1, 0.15) is 5.82 Å². The molecule has 2 aromatic carbocycles. The number of hydrogen-bond acceptors (Lipinski definition) is 1. The van der Waals surface area contributed by atoms with Crippen molar-refractivity contribution >= 4 is 27.5 Å². The van der Waals surface area contributed by atoms with Gasteiger partial charge in [0.05, 0.1) is 5.02 Å². The minimum atomic E-state index is -0.966. The Labute approximate surface area is 127 Å². The molecule has 106 valence electrons. The van der Waals surface area contributed by atoms with Crippen molar-refractivity contribution in [3.05, 3.63) is 68.4 Å². The number of nitrogens with two attached hydrogens (primary N) is 1. The molecule has 0 saturated carbocycles. The predicted octanol–water partition coefficient (Wildman–Crippen LogP) is 4.76. The van der Waals surface area contributed by atoms with E-state index in [1.54, 1.807) is 0 Å². The number of rotatable bonds is 3. The largest absolute Gasteiger partial charge is 0.324 e. The van der Waals surface area contributed by atoms with E-state index in [2.05, 4.69) is 15.9 Å². The molecule has 1 unspecified atom stereocenters. The molecule has 20 heavy (non-hydrogen) atoms. The molecule has 2 N–H and O–H groups in total. The van der Waals surface area contributed by atoms with Gasteiger partial charge in [-0.15, -0.1) is 0 Å². The molecule has 0 aromatic heterocycles. The SMILES string of the molecule is NC(Cc1cccc(F)c1F)c1cc(Cl)c(Br)cc1F. The van der Waals surface area contributed by atoms with Gasteiger partial charge in [-0.05, 0) is 46.1 Å². The fourth-order valence-corrected chi connectivity index (χ4v) is 2.36. The van der Waals surface area contributed by atoms with Crippen LogP contribution in [-0.4, -0.2) is 0 Å². The first-order chi connectivity index (χ1) is 9.40. The molecule has 0 amide bonds. The number of halogens is 5. The highest BCUT2D eigenvalue weighted by atomic mass is 79.9. The quantitative estimate of drug-likeness (QED) is 0.781. The highest BCUT2D eigenvalue weighted by Crippen LogP contribution is 2.29. The van der Waals surface area contributed by atoms with E-state index >= 15 is 0 Å². The molecule has 0 spiro atoms. The van der Waals surface area contributed by atoms with E-state index in [0.29, 0.717) is 9.50 Å². The van der Waals surface area contributed by atoms with Crippen LogP contribution in [0.15, 0.2) is 34.8 Å². The Hall–Kier alpha value is -1.04. The standard InChI is InChI=1S/C14H10BrClF3N/c15-9-6-12(18)8(5-10(9)16)13(20)4-7-2-1-3-11(17)14(7)19/h1-3,5-6,13H,4,20H2. The Morgan fingerprint density at radius 1 is 1.15 bits per heavy atom. The lowest BCUT2D eigenvalue weighted by atomic mass is 9.99. The summed E-state index contributed by atoms with van der Waals surface area (Å²) in [6, 6.07) is 5.56. The first-order valence-electron chi connectivity index (χ1n) is 5.73. The van der Waals surface area contributed by atoms with E-state index in [1.807, 2.05) is 0 Å². The van der Waals surface area contributed by atoms with Crippen molar-refractivity contribution in [2.45, 2.75) is 12.5 Å². The van der Waals surface area contributed by atoms with Crippen molar-refractivity contribution in [2.75, 3.05) is 0 Å². The normalized spacial score (nSPS) is 12.5. The van der Waals surface area contributed by atoms with Gasteiger partial charge in [-0.2, -0.15) is 0 Å². The molecule has 2 rings (SSSR count). The third-order valence-corrected chi connectivity index (χ3v) is 4.11. The van der Waals surface area contributed by atoms with Crippen LogP contribution in [0.5, 0.6) is 0 Å². The molecule has 0 aliphatic heterocycles. The summed E-state index contributed by atoms with van der Waals surface area (Å²) >= 11 is 8.98. The van der Waals surface area contributed by atoms with Crippen LogP contribution in [0.25, 0.3) is 0 Å². The fourth-order valence-electron chi connectivity index (χ4n) is 1.88. The van der Waals surface area contributed by atoms with Crippen LogP contribution in [0.4, 0.5) is 13.2 Å². The second-order valence-electron chi connectivity index (χ2n) is 4.31. The maximum atomic E-state index is 13.8. The average Bonchev–Trinajstić information content (AvgIpc) is 2.39. The van der Waals surface area contributed by atoms with Gasteiger partial charge in [-0.3, -0.25) is 0 Å². The number of benzene rings is 2. The molecule has 0 bridgehead atoms. The Bertz CT molecular complexity index is 649. The van der Waals surface area contributed by atoms with Crippen molar-refractivity contribution in [3.8, 4) is 0 Å². The lowest BCUT2D eigenvalue weighted by Crippen LogP contribution is -2.16. The molecular weight excluding hydrogens is 355 g/mol. The van der Waals surface area contributed by atoms with Crippen molar-refractivity contribution in [1.29, 1.82) is 0 Å². The fraction of sp³-hybridized carbons (Fsp3) is 0.143. The minimum Gasteiger partial charge on any atom is -0.324 e. The van der Waals surface area contributed by atoms with Crippen molar-refractivity contribution < 1.29 is 13.2 Å². The Kier molecular flexibility index (Phi) is 4.73. The molecular formula is C14H10BrClF3N. The lowest BCUT2D eigenvalue weighted by molar-refractivity contribution is 0.492. The summed E-state index contributed by atoms with van der Waals surface area (Å²) in [5.41, 5.74) is 6.11. The lowest BCUT2D eigenvalue weighted by Gasteiger charge is -2.15. The van der Waals surface area contributed by atoms with Crippen LogP contribution in [0, 0.1) is 17.5 Å². The van der Waals surface area contributed by atoms with Crippen LogP contribution < -0.4 is 5.73 Å². The van der Waals surface area contributed by atoms with E-state index in [0.717, 1.165) is 6.07 Å². The summed E-state index contributed by atoms with van der Waals surface area (Å²) in [6.07, 6.45) is -0.0293. The highest BCUT2D eigenvalue weighted by Gasteiger charge is 2.17. The zero-order valence-corrected chi connectivity index (χ0v) is 12.5. The zero-order chi connectivity index (χ0) is 14.9. The van der Waals surface area contributed by atoms with Crippen LogP contribution in [0.1, 0.15) is 17.2 Å². The molecule has 6 heteroatoms. The van der Waals surface area contributed by atoms with Crippen LogP contribution >= 0.6 is 27.5 Å². The second-order valence-corrected chi connectivity index (χ2v) is 5.57. The van der Waals surface area contributed by atoms with Gasteiger partial charge in [0.15, 0.2) is 11.6 Å². The Morgan fingerprint density at radius 2 is 1.85 bits per heavy atom. The monoisotopic (exact) mass is 363 g/mol. The Balaban J connectivity index is 2.31. The van der Waals surface area contributed by atoms with Gasteiger partial charge in [-0.25, -0.2) is 13.2 Å². The average molecular weight is 365 g/mol. The maximum absolute atomic E-state index is 13.8. The molecule has 0 saturated heterocycles. The van der Waals surface area contributed by atoms with E-state index in [-0.39, 0.29) is 17.5 Å². The van der Waals surface area contributed by atoms with E-state index in [9.17, 15) is 13.2 Å². The van der Waals surface area contributed by atoms with Crippen molar-refractivity contribution in [1.82, 2.24) is 0 Å². The van der Waals surface area contributed by atoms with Gasteiger partial charge >= 0.3 is 0 Å². The van der Waals surface area contributed by atoms with Gasteiger partial charge in [0, 0.05) is 16.1 Å². The summed E-state index contributed by atoms with van der Waals surface area (Å²) in [7, 11) is 0. The summed E-state index contributed by atoms with van der Waals surface area (Å²) in [5.74, 6) is -2.47. The summed E-state index contributed by atoms with van der Waals surface area (Å²) in [4.78, 5) is 0. The summed E-state index contributed by atoms with van der Waals surface area (Å²) in [6.45, 7) is 0. The van der Waals surface area contributed by atoms with Gasteiger partial charge in [-0.1, -0.05) is 23.7 Å². The molecule has 0 fully saturated rings. The Morgan fingerprint density at radius 3 is 2.55 bits per heavy atom. The zero-order valence-electron chi connectivity index (χ0n) is 10.1. The molecule has 0 heterocycles. The van der Waals surface area contributed by atoms with Crippen LogP contribution in [-0.2, 0) is 6.42 Å². The molecule has 0 radical (unpaired) electrons. The molecule has 1 nitrogen and oxygen atoms in total. The van der Waals surface area contributed by atoms with Gasteiger partial charge in [0.25, 0.3) is 0 Å². The van der Waals surface area contributed by atoms with Crippen LogP contribution in [0.2, 0.25) is 5.02 Å². The molecule has 0 aliphatic rings. The topological polar surface area (TPSA) is 26.0 Å². The third kappa shape index (κ3) is 3.16. The maximum Gasteiger partial charge on any atom is 0.162 e. The predicted molar refractivity (Wildman–Crippen MR) is 76.1 cm³/mol. The molecule has 2 aromatic rings. The third-order valence-electron chi connectivity index (χ3n) is 2.91. The smallest absolute Gasteiger partial charge is 0.162 e. The van der Waals surface area contributed by atoms with Gasteiger partial charge in [0.2, 0.25) is 0 Å². The highest BCUT2D eigenvalue weighted by molar-refractivity contribution is 9.10. The molecule has 0 aliphatic carbocycles. The van der Waals surface area contributed by atoms with E-state index < -0.39 is 23.5 Å². The minimum absolute atomic E-state index is 0.0293. The van der Waals surface area contributed by atoms with E-state index in [4.69, 9.17) is 17.3 Å². The first-order valence-corrected chi connectivity index (χ1v) is 6.90. The van der Waals surface area contributed by atoms with Crippen molar-refractivity contribution in [3.63, 3.8) is 0 Å². The van der Waals surface area contributed by atoms with Gasteiger partial charge < -0.3 is 5.73 Å². The van der Waals surface area contributed by atoms with Crippen LogP contribution in [0.3, 0.4) is 0 Å². The molecule has 1 atom stereocenters.